The van der Waals surface area contributed by atoms with Crippen LogP contribution in [0, 0.1) is 11.6 Å². The number of nitrogens with zero attached hydrogens (tertiary/aromatic N) is 2. The Morgan fingerprint density at radius 2 is 1.48 bits per heavy atom. The first-order chi connectivity index (χ1) is 12.0. The second-order valence-electron chi connectivity index (χ2n) is 5.16. The van der Waals surface area contributed by atoms with Gasteiger partial charge in [0, 0.05) is 19.5 Å². The maximum absolute atomic E-state index is 13.2. The topological polar surface area (TPSA) is 64.5 Å². The number of pyridine rings is 2. The van der Waals surface area contributed by atoms with Crippen LogP contribution in [0.25, 0.3) is 0 Å². The maximum Gasteiger partial charge on any atom is 0.146 e. The van der Waals surface area contributed by atoms with Crippen molar-refractivity contribution in [3.8, 4) is 0 Å². The zero-order valence-corrected chi connectivity index (χ0v) is 14.8. The van der Waals surface area contributed by atoms with Gasteiger partial charge in [0.2, 0.25) is 0 Å². The van der Waals surface area contributed by atoms with Crippen molar-refractivity contribution in [2.75, 3.05) is 13.9 Å². The molecule has 0 saturated heterocycles. The lowest BCUT2D eigenvalue weighted by molar-refractivity contribution is -0.0392. The van der Waals surface area contributed by atoms with E-state index in [0.29, 0.717) is 36.4 Å². The lowest BCUT2D eigenvalue weighted by atomic mass is 10.2. The van der Waals surface area contributed by atoms with E-state index < -0.39 is 0 Å². The molecule has 0 amide bonds. The lowest BCUT2D eigenvalue weighted by Gasteiger charge is -2.04. The minimum Gasteiger partial charge on any atom is -0.392 e. The van der Waals surface area contributed by atoms with Crippen molar-refractivity contribution >= 4 is 0 Å². The molecule has 0 atom stereocenters. The van der Waals surface area contributed by atoms with E-state index >= 15 is 0 Å². The number of aromatic nitrogens is 2. The molecule has 2 aromatic heterocycles. The standard InChI is InChI=1S/C10H14FNO2.C8H10FNO/c1-3-10-9(11)4-8(5-12-10)6-14-7-13-2;1-2-8-7(9)3-6(5-11)4-10-8/h4-5H,3,6-7H2,1-2H3;3-4,11H,2,5H2,1H3. The van der Waals surface area contributed by atoms with E-state index in [2.05, 4.69) is 9.97 Å². The van der Waals surface area contributed by atoms with Gasteiger partial charge in [0.25, 0.3) is 0 Å². The lowest BCUT2D eigenvalue weighted by Crippen LogP contribution is -2.00. The fourth-order valence-corrected chi connectivity index (χ4v) is 1.94. The Bertz CT molecular complexity index is 654. The number of methoxy groups -OCH3 is 1. The molecule has 5 nitrogen and oxygen atoms in total. The van der Waals surface area contributed by atoms with Gasteiger partial charge in [0.15, 0.2) is 0 Å². The fraction of sp³-hybridized carbons (Fsp3) is 0.444. The highest BCUT2D eigenvalue weighted by atomic mass is 19.1. The summed E-state index contributed by atoms with van der Waals surface area (Å²) in [6.07, 6.45) is 4.29. The molecule has 0 aliphatic rings. The summed E-state index contributed by atoms with van der Waals surface area (Å²) in [6, 6.07) is 2.76. The molecule has 0 aromatic carbocycles. The minimum absolute atomic E-state index is 0.159. The van der Waals surface area contributed by atoms with Gasteiger partial charge in [-0.25, -0.2) is 8.78 Å². The number of halogens is 2. The van der Waals surface area contributed by atoms with Crippen LogP contribution in [0.4, 0.5) is 8.78 Å². The first-order valence-electron chi connectivity index (χ1n) is 7.99. The normalized spacial score (nSPS) is 10.3. The van der Waals surface area contributed by atoms with Gasteiger partial charge >= 0.3 is 0 Å². The van der Waals surface area contributed by atoms with Gasteiger partial charge < -0.3 is 14.6 Å². The molecule has 25 heavy (non-hydrogen) atoms. The van der Waals surface area contributed by atoms with Crippen LogP contribution in [0.2, 0.25) is 0 Å². The highest BCUT2D eigenvalue weighted by Crippen LogP contribution is 2.09. The van der Waals surface area contributed by atoms with E-state index in [0.717, 1.165) is 5.56 Å². The largest absolute Gasteiger partial charge is 0.392 e. The monoisotopic (exact) mass is 354 g/mol. The molecular weight excluding hydrogens is 330 g/mol. The number of aliphatic hydroxyl groups excluding tert-OH is 1. The molecule has 138 valence electrons. The van der Waals surface area contributed by atoms with Gasteiger partial charge in [-0.15, -0.1) is 0 Å². The Kier molecular flexibility index (Phi) is 9.76. The predicted octanol–water partition coefficient (Wildman–Crippen LogP) is 3.18. The van der Waals surface area contributed by atoms with Crippen molar-refractivity contribution < 1.29 is 23.4 Å². The van der Waals surface area contributed by atoms with Crippen LogP contribution in [0.1, 0.15) is 36.4 Å². The van der Waals surface area contributed by atoms with Gasteiger partial charge in [-0.3, -0.25) is 9.97 Å². The molecule has 0 unspecified atom stereocenters. The molecule has 2 rings (SSSR count). The second-order valence-corrected chi connectivity index (χ2v) is 5.16. The molecule has 1 N–H and O–H groups in total. The molecule has 0 aliphatic heterocycles. The zero-order chi connectivity index (χ0) is 18.7. The number of aryl methyl sites for hydroxylation is 2. The quantitative estimate of drug-likeness (QED) is 0.611. The summed E-state index contributed by atoms with van der Waals surface area (Å²) < 4.78 is 35.8. The molecule has 2 heterocycles. The summed E-state index contributed by atoms with van der Waals surface area (Å²) in [7, 11) is 1.54. The molecule has 7 heteroatoms. The Hall–Kier alpha value is -1.96. The summed E-state index contributed by atoms with van der Waals surface area (Å²) in [5.41, 5.74) is 2.17. The van der Waals surface area contributed by atoms with E-state index in [4.69, 9.17) is 14.6 Å². The van der Waals surface area contributed by atoms with Crippen molar-refractivity contribution in [3.05, 3.63) is 58.7 Å². The van der Waals surface area contributed by atoms with Gasteiger partial charge in [-0.2, -0.15) is 0 Å². The number of ether oxygens (including phenoxy) is 2. The van der Waals surface area contributed by atoms with E-state index in [9.17, 15) is 8.78 Å². The average Bonchev–Trinajstić information content (AvgIpc) is 2.62. The van der Waals surface area contributed by atoms with Gasteiger partial charge in [-0.1, -0.05) is 13.8 Å². The van der Waals surface area contributed by atoms with Crippen LogP contribution >= 0.6 is 0 Å². The SMILES string of the molecule is CCc1ncc(CO)cc1F.CCc1ncc(COCOC)cc1F. The van der Waals surface area contributed by atoms with Crippen LogP contribution in [-0.4, -0.2) is 29.0 Å². The summed E-state index contributed by atoms with van der Waals surface area (Å²) in [4.78, 5) is 7.81. The number of aliphatic hydroxyl groups is 1. The third-order valence-electron chi connectivity index (χ3n) is 3.27. The summed E-state index contributed by atoms with van der Waals surface area (Å²) in [6.45, 7) is 4.07. The maximum atomic E-state index is 13.2. The summed E-state index contributed by atoms with van der Waals surface area (Å²) in [5, 5.41) is 8.62. The Morgan fingerprint density at radius 3 is 1.92 bits per heavy atom. The van der Waals surface area contributed by atoms with Crippen LogP contribution in [0.3, 0.4) is 0 Å². The zero-order valence-electron chi connectivity index (χ0n) is 14.8. The minimum atomic E-state index is -0.334. The van der Waals surface area contributed by atoms with E-state index in [-0.39, 0.29) is 25.0 Å². The highest BCUT2D eigenvalue weighted by molar-refractivity contribution is 5.16. The number of hydrogen-bond acceptors (Lipinski definition) is 5. The van der Waals surface area contributed by atoms with Crippen molar-refractivity contribution in [3.63, 3.8) is 0 Å². The smallest absolute Gasteiger partial charge is 0.146 e. The molecule has 0 spiro atoms. The summed E-state index contributed by atoms with van der Waals surface area (Å²) in [5.74, 6) is -0.606. The van der Waals surface area contributed by atoms with E-state index in [1.165, 1.54) is 18.3 Å². The van der Waals surface area contributed by atoms with Crippen LogP contribution in [0.15, 0.2) is 24.5 Å². The third-order valence-corrected chi connectivity index (χ3v) is 3.27. The number of rotatable bonds is 7. The van der Waals surface area contributed by atoms with Crippen molar-refractivity contribution in [2.45, 2.75) is 39.9 Å². The number of hydrogen-bond donors (Lipinski definition) is 1. The summed E-state index contributed by atoms with van der Waals surface area (Å²) >= 11 is 0. The van der Waals surface area contributed by atoms with E-state index in [1.807, 2.05) is 13.8 Å². The molecule has 2 aromatic rings. The van der Waals surface area contributed by atoms with Crippen molar-refractivity contribution in [1.82, 2.24) is 9.97 Å². The first kappa shape index (κ1) is 21.1. The van der Waals surface area contributed by atoms with Crippen molar-refractivity contribution in [2.24, 2.45) is 0 Å². The molecular formula is C18H24F2N2O3. The fourth-order valence-electron chi connectivity index (χ4n) is 1.94. The van der Waals surface area contributed by atoms with Gasteiger partial charge in [-0.05, 0) is 36.1 Å². The molecule has 0 aliphatic carbocycles. The molecule has 0 bridgehead atoms. The first-order valence-corrected chi connectivity index (χ1v) is 7.99. The van der Waals surface area contributed by atoms with Crippen LogP contribution < -0.4 is 0 Å². The van der Waals surface area contributed by atoms with Crippen LogP contribution in [0.5, 0.6) is 0 Å². The Balaban J connectivity index is 0.000000257. The van der Waals surface area contributed by atoms with Gasteiger partial charge in [0.05, 0.1) is 24.6 Å². The molecule has 0 fully saturated rings. The third kappa shape index (κ3) is 7.21. The second kappa shape index (κ2) is 11.6. The Labute approximate surface area is 146 Å². The highest BCUT2D eigenvalue weighted by Gasteiger charge is 2.03. The van der Waals surface area contributed by atoms with Crippen LogP contribution in [-0.2, 0) is 35.5 Å². The van der Waals surface area contributed by atoms with E-state index in [1.54, 1.807) is 13.3 Å². The Morgan fingerprint density at radius 1 is 0.960 bits per heavy atom. The molecule has 0 radical (unpaired) electrons. The van der Waals surface area contributed by atoms with Gasteiger partial charge in [0.1, 0.15) is 18.4 Å². The average molecular weight is 354 g/mol. The van der Waals surface area contributed by atoms with Crippen molar-refractivity contribution in [1.29, 1.82) is 0 Å². The predicted molar refractivity (Wildman–Crippen MR) is 89.7 cm³/mol. The molecule has 0 saturated carbocycles.